The van der Waals surface area contributed by atoms with E-state index in [0.717, 1.165) is 13.0 Å². The molecule has 0 aliphatic rings. The molecular formula is C14H32NO5+. The lowest BCUT2D eigenvalue weighted by molar-refractivity contribution is -0.662. The zero-order valence-electron chi connectivity index (χ0n) is 12.5. The maximum absolute atomic E-state index is 9.67. The van der Waals surface area contributed by atoms with Gasteiger partial charge in [0.2, 0.25) is 0 Å². The van der Waals surface area contributed by atoms with Gasteiger partial charge in [-0.3, -0.25) is 0 Å². The molecule has 0 radical (unpaired) electrons. The molecule has 0 saturated carbocycles. The molecule has 0 bridgehead atoms. The molecule has 4 atom stereocenters. The number of hydrogen-bond donors (Lipinski definition) is 6. The molecule has 4 unspecified atom stereocenters. The fourth-order valence-electron chi connectivity index (χ4n) is 2.06. The average molecular weight is 294 g/mol. The van der Waals surface area contributed by atoms with Crippen LogP contribution in [0.25, 0.3) is 0 Å². The van der Waals surface area contributed by atoms with Crippen LogP contribution < -0.4 is 5.32 Å². The van der Waals surface area contributed by atoms with Crippen molar-refractivity contribution in [3.63, 3.8) is 0 Å². The molecule has 0 aromatic heterocycles. The summed E-state index contributed by atoms with van der Waals surface area (Å²) >= 11 is 0. The van der Waals surface area contributed by atoms with Crippen LogP contribution in [-0.2, 0) is 0 Å². The highest BCUT2D eigenvalue weighted by atomic mass is 16.4. The number of nitrogens with two attached hydrogens (primary N) is 1. The summed E-state index contributed by atoms with van der Waals surface area (Å²) in [7, 11) is 0. The van der Waals surface area contributed by atoms with Gasteiger partial charge in [-0.05, 0) is 12.8 Å². The van der Waals surface area contributed by atoms with Gasteiger partial charge >= 0.3 is 0 Å². The van der Waals surface area contributed by atoms with E-state index in [0.29, 0.717) is 0 Å². The standard InChI is InChI=1S/C14H31NO5/c1-2-3-4-5-6-7-8-15-9-11(17)13(19)14(20)12(18)10-16/h11-20H,2-10H2,1H3/p+1. The second-order valence-electron chi connectivity index (χ2n) is 5.38. The Balaban J connectivity index is 3.59. The van der Waals surface area contributed by atoms with E-state index in [1.54, 1.807) is 0 Å². The van der Waals surface area contributed by atoms with Crippen LogP contribution in [-0.4, -0.2) is 69.6 Å². The summed E-state index contributed by atoms with van der Waals surface area (Å²) < 4.78 is 0. The van der Waals surface area contributed by atoms with E-state index >= 15 is 0 Å². The van der Waals surface area contributed by atoms with Crippen LogP contribution in [0.5, 0.6) is 0 Å². The predicted octanol–water partition coefficient (Wildman–Crippen LogP) is -1.65. The molecule has 0 amide bonds. The lowest BCUT2D eigenvalue weighted by Crippen LogP contribution is -2.87. The molecule has 122 valence electrons. The smallest absolute Gasteiger partial charge is 0.131 e. The van der Waals surface area contributed by atoms with Crippen molar-refractivity contribution < 1.29 is 30.8 Å². The summed E-state index contributed by atoms with van der Waals surface area (Å²) in [6, 6.07) is 0. The van der Waals surface area contributed by atoms with Crippen LogP contribution in [0.1, 0.15) is 45.4 Å². The maximum atomic E-state index is 9.67. The van der Waals surface area contributed by atoms with Crippen molar-refractivity contribution in [1.82, 2.24) is 0 Å². The van der Waals surface area contributed by atoms with Gasteiger partial charge in [0, 0.05) is 0 Å². The summed E-state index contributed by atoms with van der Waals surface area (Å²) in [4.78, 5) is 0. The Labute approximate surface area is 121 Å². The van der Waals surface area contributed by atoms with Crippen LogP contribution in [0.15, 0.2) is 0 Å². The van der Waals surface area contributed by atoms with Gasteiger partial charge in [0.05, 0.1) is 13.2 Å². The molecule has 0 aliphatic carbocycles. The van der Waals surface area contributed by atoms with Crippen LogP contribution in [0.2, 0.25) is 0 Å². The highest BCUT2D eigenvalue weighted by Gasteiger charge is 2.30. The van der Waals surface area contributed by atoms with Gasteiger partial charge in [-0.2, -0.15) is 0 Å². The first-order chi connectivity index (χ1) is 9.54. The monoisotopic (exact) mass is 294 g/mol. The summed E-state index contributed by atoms with van der Waals surface area (Å²) in [6.07, 6.45) is 1.71. The van der Waals surface area contributed by atoms with Crippen LogP contribution in [0.4, 0.5) is 0 Å². The minimum absolute atomic E-state index is 0.269. The van der Waals surface area contributed by atoms with Gasteiger partial charge in [-0.25, -0.2) is 0 Å². The Hall–Kier alpha value is -0.240. The molecule has 0 fully saturated rings. The Bertz CT molecular complexity index is 218. The molecule has 0 aliphatic heterocycles. The summed E-state index contributed by atoms with van der Waals surface area (Å²) in [6.45, 7) is 2.68. The number of aliphatic hydroxyl groups excluding tert-OH is 5. The van der Waals surface area contributed by atoms with E-state index < -0.39 is 31.0 Å². The van der Waals surface area contributed by atoms with Gasteiger partial charge in [0.15, 0.2) is 0 Å². The first kappa shape index (κ1) is 19.8. The number of unbranched alkanes of at least 4 members (excludes halogenated alkanes) is 5. The minimum atomic E-state index is -1.53. The quantitative estimate of drug-likeness (QED) is 0.227. The Morgan fingerprint density at radius 2 is 1.35 bits per heavy atom. The van der Waals surface area contributed by atoms with Crippen LogP contribution in [0, 0.1) is 0 Å². The van der Waals surface area contributed by atoms with Gasteiger partial charge < -0.3 is 30.8 Å². The summed E-state index contributed by atoms with van der Waals surface area (Å²) in [5.74, 6) is 0. The van der Waals surface area contributed by atoms with Crippen molar-refractivity contribution in [2.24, 2.45) is 0 Å². The maximum Gasteiger partial charge on any atom is 0.131 e. The van der Waals surface area contributed by atoms with Gasteiger partial charge in [0.1, 0.15) is 31.0 Å². The minimum Gasteiger partial charge on any atom is -0.394 e. The van der Waals surface area contributed by atoms with Crippen molar-refractivity contribution in [2.75, 3.05) is 19.7 Å². The molecular weight excluding hydrogens is 262 g/mol. The first-order valence-corrected chi connectivity index (χ1v) is 7.69. The van der Waals surface area contributed by atoms with Crippen molar-refractivity contribution in [2.45, 2.75) is 69.9 Å². The van der Waals surface area contributed by atoms with E-state index in [9.17, 15) is 20.4 Å². The molecule has 0 spiro atoms. The van der Waals surface area contributed by atoms with Crippen molar-refractivity contribution in [3.05, 3.63) is 0 Å². The van der Waals surface area contributed by atoms with Gasteiger partial charge in [-0.1, -0.05) is 32.6 Å². The SMILES string of the molecule is CCCCCCCC[NH2+]CC(O)C(O)C(O)C(O)CO. The van der Waals surface area contributed by atoms with Gasteiger partial charge in [0.25, 0.3) is 0 Å². The predicted molar refractivity (Wildman–Crippen MR) is 76.1 cm³/mol. The van der Waals surface area contributed by atoms with E-state index in [2.05, 4.69) is 6.92 Å². The molecule has 0 aromatic rings. The Morgan fingerprint density at radius 3 is 1.95 bits per heavy atom. The third-order valence-corrected chi connectivity index (χ3v) is 3.50. The third-order valence-electron chi connectivity index (χ3n) is 3.50. The van der Waals surface area contributed by atoms with Crippen LogP contribution in [0.3, 0.4) is 0 Å². The number of quaternary nitrogens is 1. The highest BCUT2D eigenvalue weighted by molar-refractivity contribution is 4.79. The second kappa shape index (κ2) is 12.5. The number of aliphatic hydroxyl groups is 5. The van der Waals surface area contributed by atoms with E-state index in [-0.39, 0.29) is 6.54 Å². The van der Waals surface area contributed by atoms with Crippen molar-refractivity contribution in [3.8, 4) is 0 Å². The molecule has 20 heavy (non-hydrogen) atoms. The van der Waals surface area contributed by atoms with Crippen LogP contribution >= 0.6 is 0 Å². The van der Waals surface area contributed by atoms with Crippen molar-refractivity contribution >= 4 is 0 Å². The summed E-state index contributed by atoms with van der Waals surface area (Å²) in [5.41, 5.74) is 0. The number of hydrogen-bond acceptors (Lipinski definition) is 5. The first-order valence-electron chi connectivity index (χ1n) is 7.69. The Morgan fingerprint density at radius 1 is 0.800 bits per heavy atom. The van der Waals surface area contributed by atoms with Gasteiger partial charge in [-0.15, -0.1) is 0 Å². The lowest BCUT2D eigenvalue weighted by Gasteiger charge is -2.24. The molecule has 0 heterocycles. The largest absolute Gasteiger partial charge is 0.394 e. The average Bonchev–Trinajstić information content (AvgIpc) is 2.47. The molecule has 0 aromatic carbocycles. The summed E-state index contributed by atoms with van der Waals surface area (Å²) in [5, 5.41) is 48.4. The highest BCUT2D eigenvalue weighted by Crippen LogP contribution is 2.04. The molecule has 6 nitrogen and oxygen atoms in total. The lowest BCUT2D eigenvalue weighted by atomic mass is 10.0. The third kappa shape index (κ3) is 8.84. The number of rotatable bonds is 13. The van der Waals surface area contributed by atoms with E-state index in [4.69, 9.17) is 5.11 Å². The fourth-order valence-corrected chi connectivity index (χ4v) is 2.06. The van der Waals surface area contributed by atoms with Crippen molar-refractivity contribution in [1.29, 1.82) is 0 Å². The molecule has 7 N–H and O–H groups in total. The van der Waals surface area contributed by atoms with E-state index in [1.807, 2.05) is 5.32 Å². The molecule has 0 saturated heterocycles. The second-order valence-corrected chi connectivity index (χ2v) is 5.38. The fraction of sp³-hybridized carbons (Fsp3) is 1.00. The zero-order valence-corrected chi connectivity index (χ0v) is 12.5. The topological polar surface area (TPSA) is 118 Å². The molecule has 6 heteroatoms. The normalized spacial score (nSPS) is 17.7. The Kier molecular flexibility index (Phi) is 12.3. The van der Waals surface area contributed by atoms with E-state index in [1.165, 1.54) is 32.1 Å². The molecule has 0 rings (SSSR count). The zero-order chi connectivity index (χ0) is 15.4.